The summed E-state index contributed by atoms with van der Waals surface area (Å²) >= 11 is 0. The van der Waals surface area contributed by atoms with Crippen molar-refractivity contribution in [3.05, 3.63) is 0 Å². The smallest absolute Gasteiger partial charge is 0.0651 e. The van der Waals surface area contributed by atoms with Crippen molar-refractivity contribution >= 4 is 0 Å². The minimum Gasteiger partial charge on any atom is -0.378 e. The lowest BCUT2D eigenvalue weighted by Gasteiger charge is -2.50. The van der Waals surface area contributed by atoms with Crippen LogP contribution in [0.1, 0.15) is 40.0 Å². The average Bonchev–Trinajstić information content (AvgIpc) is 2.14. The summed E-state index contributed by atoms with van der Waals surface area (Å²) in [7, 11) is 0. The zero-order valence-electron chi connectivity index (χ0n) is 9.73. The van der Waals surface area contributed by atoms with Crippen LogP contribution in [0.3, 0.4) is 0 Å². The summed E-state index contributed by atoms with van der Waals surface area (Å²) in [6.07, 6.45) is 3.93. The monoisotopic (exact) mass is 197 g/mol. The van der Waals surface area contributed by atoms with Crippen molar-refractivity contribution in [3.8, 4) is 0 Å². The third-order valence-electron chi connectivity index (χ3n) is 4.13. The van der Waals surface area contributed by atoms with Gasteiger partial charge in [-0.1, -0.05) is 20.8 Å². The molecule has 2 aliphatic rings. The van der Waals surface area contributed by atoms with E-state index >= 15 is 0 Å². The van der Waals surface area contributed by atoms with Gasteiger partial charge in [0.15, 0.2) is 0 Å². The van der Waals surface area contributed by atoms with Gasteiger partial charge in [0, 0.05) is 12.1 Å². The van der Waals surface area contributed by atoms with Gasteiger partial charge in [-0.2, -0.15) is 0 Å². The summed E-state index contributed by atoms with van der Waals surface area (Å²) in [6, 6.07) is 0. The molecule has 0 bridgehead atoms. The lowest BCUT2D eigenvalue weighted by Crippen LogP contribution is -2.61. The lowest BCUT2D eigenvalue weighted by molar-refractivity contribution is -0.0382. The van der Waals surface area contributed by atoms with Crippen molar-refractivity contribution in [2.45, 2.75) is 45.6 Å². The van der Waals surface area contributed by atoms with E-state index in [0.29, 0.717) is 11.0 Å². The van der Waals surface area contributed by atoms with Crippen molar-refractivity contribution in [3.63, 3.8) is 0 Å². The van der Waals surface area contributed by atoms with Crippen LogP contribution < -0.4 is 5.32 Å². The van der Waals surface area contributed by atoms with Gasteiger partial charge in [0.05, 0.1) is 13.2 Å². The highest BCUT2D eigenvalue weighted by Gasteiger charge is 2.44. The van der Waals surface area contributed by atoms with Crippen LogP contribution in [0.5, 0.6) is 0 Å². The van der Waals surface area contributed by atoms with Crippen LogP contribution in [-0.4, -0.2) is 25.3 Å². The Bertz CT molecular complexity index is 206. The summed E-state index contributed by atoms with van der Waals surface area (Å²) in [5, 5.41) is 3.70. The Kier molecular flexibility index (Phi) is 2.61. The lowest BCUT2D eigenvalue weighted by atomic mass is 9.64. The molecule has 1 aliphatic heterocycles. The second-order valence-electron chi connectivity index (χ2n) is 5.90. The fraction of sp³-hybridized carbons (Fsp3) is 1.00. The van der Waals surface area contributed by atoms with E-state index in [1.807, 2.05) is 0 Å². The molecule has 14 heavy (non-hydrogen) atoms. The Hall–Kier alpha value is -0.0800. The molecule has 2 heteroatoms. The van der Waals surface area contributed by atoms with Crippen molar-refractivity contribution in [1.82, 2.24) is 5.32 Å². The standard InChI is InChI=1S/C12H23NO/c1-10-8-11(2,3)4-5-12(10)9-14-7-6-13-12/h10,13H,4-9H2,1-3H3. The van der Waals surface area contributed by atoms with E-state index in [1.54, 1.807) is 0 Å². The van der Waals surface area contributed by atoms with Crippen LogP contribution in [0.2, 0.25) is 0 Å². The Morgan fingerprint density at radius 3 is 2.64 bits per heavy atom. The maximum absolute atomic E-state index is 5.64. The van der Waals surface area contributed by atoms with Gasteiger partial charge in [-0.15, -0.1) is 0 Å². The zero-order valence-corrected chi connectivity index (χ0v) is 9.73. The third-order valence-corrected chi connectivity index (χ3v) is 4.13. The molecule has 2 unspecified atom stereocenters. The van der Waals surface area contributed by atoms with E-state index in [9.17, 15) is 0 Å². The normalized spacial score (nSPS) is 42.6. The zero-order chi connectivity index (χ0) is 10.2. The third kappa shape index (κ3) is 1.82. The van der Waals surface area contributed by atoms with Gasteiger partial charge in [-0.05, 0) is 30.6 Å². The fourth-order valence-electron chi connectivity index (χ4n) is 3.09. The molecule has 1 saturated heterocycles. The van der Waals surface area contributed by atoms with Crippen LogP contribution in [0.4, 0.5) is 0 Å². The molecular formula is C12H23NO. The van der Waals surface area contributed by atoms with Crippen molar-refractivity contribution < 1.29 is 4.74 Å². The van der Waals surface area contributed by atoms with Crippen LogP contribution in [0, 0.1) is 11.3 Å². The number of hydrogen-bond acceptors (Lipinski definition) is 2. The molecule has 2 atom stereocenters. The number of nitrogens with one attached hydrogen (secondary N) is 1. The van der Waals surface area contributed by atoms with E-state index in [2.05, 4.69) is 26.1 Å². The van der Waals surface area contributed by atoms with Crippen molar-refractivity contribution in [1.29, 1.82) is 0 Å². The van der Waals surface area contributed by atoms with Crippen LogP contribution >= 0.6 is 0 Å². The van der Waals surface area contributed by atoms with Crippen LogP contribution in [0.15, 0.2) is 0 Å². The summed E-state index contributed by atoms with van der Waals surface area (Å²) in [6.45, 7) is 10.00. The Labute approximate surface area is 87.4 Å². The number of rotatable bonds is 0. The first-order valence-corrected chi connectivity index (χ1v) is 5.87. The maximum Gasteiger partial charge on any atom is 0.0651 e. The summed E-state index contributed by atoms with van der Waals surface area (Å²) in [4.78, 5) is 0. The quantitative estimate of drug-likeness (QED) is 0.643. The number of ether oxygens (including phenoxy) is 1. The van der Waals surface area contributed by atoms with E-state index < -0.39 is 0 Å². The van der Waals surface area contributed by atoms with Gasteiger partial charge >= 0.3 is 0 Å². The first-order chi connectivity index (χ1) is 6.54. The van der Waals surface area contributed by atoms with Gasteiger partial charge in [0.25, 0.3) is 0 Å². The minimum absolute atomic E-state index is 0.299. The maximum atomic E-state index is 5.64. The Balaban J connectivity index is 2.06. The molecule has 82 valence electrons. The molecule has 0 aromatic carbocycles. The molecule has 2 fully saturated rings. The van der Waals surface area contributed by atoms with E-state index in [0.717, 1.165) is 25.7 Å². The SMILES string of the molecule is CC1CC(C)(C)CCC12COCCN2. The highest BCUT2D eigenvalue weighted by Crippen LogP contribution is 2.44. The highest BCUT2D eigenvalue weighted by atomic mass is 16.5. The molecule has 2 nitrogen and oxygen atoms in total. The second kappa shape index (κ2) is 3.49. The summed E-state index contributed by atoms with van der Waals surface area (Å²) < 4.78 is 5.64. The largest absolute Gasteiger partial charge is 0.378 e. The molecule has 1 saturated carbocycles. The van der Waals surface area contributed by atoms with Gasteiger partial charge in [0.1, 0.15) is 0 Å². The molecule has 1 aliphatic carbocycles. The predicted octanol–water partition coefficient (Wildman–Crippen LogP) is 2.19. The number of morpholine rings is 1. The van der Waals surface area contributed by atoms with Gasteiger partial charge in [-0.25, -0.2) is 0 Å². The van der Waals surface area contributed by atoms with E-state index in [4.69, 9.17) is 4.74 Å². The van der Waals surface area contributed by atoms with Crippen LogP contribution in [-0.2, 0) is 4.74 Å². The molecular weight excluding hydrogens is 174 g/mol. The van der Waals surface area contributed by atoms with E-state index in [-0.39, 0.29) is 0 Å². The predicted molar refractivity (Wildman–Crippen MR) is 58.3 cm³/mol. The molecule has 0 amide bonds. The molecule has 2 rings (SSSR count). The van der Waals surface area contributed by atoms with Gasteiger partial charge in [-0.3, -0.25) is 0 Å². The van der Waals surface area contributed by atoms with Crippen LogP contribution in [0.25, 0.3) is 0 Å². The summed E-state index contributed by atoms with van der Waals surface area (Å²) in [5.41, 5.74) is 0.831. The average molecular weight is 197 g/mol. The number of hydrogen-bond donors (Lipinski definition) is 1. The molecule has 0 aromatic heterocycles. The molecule has 1 N–H and O–H groups in total. The van der Waals surface area contributed by atoms with Gasteiger partial charge < -0.3 is 10.1 Å². The minimum atomic E-state index is 0.299. The first kappa shape index (κ1) is 10.4. The van der Waals surface area contributed by atoms with Crippen molar-refractivity contribution in [2.75, 3.05) is 19.8 Å². The molecule has 0 radical (unpaired) electrons. The van der Waals surface area contributed by atoms with E-state index in [1.165, 1.54) is 19.3 Å². The Morgan fingerprint density at radius 2 is 2.07 bits per heavy atom. The highest BCUT2D eigenvalue weighted by molar-refractivity contribution is 5.00. The summed E-state index contributed by atoms with van der Waals surface area (Å²) in [5.74, 6) is 0.742. The first-order valence-electron chi connectivity index (χ1n) is 5.87. The molecule has 0 aromatic rings. The van der Waals surface area contributed by atoms with Gasteiger partial charge in [0.2, 0.25) is 0 Å². The fourth-order valence-corrected chi connectivity index (χ4v) is 3.09. The topological polar surface area (TPSA) is 21.3 Å². The Morgan fingerprint density at radius 1 is 1.29 bits per heavy atom. The molecule has 1 spiro atoms. The van der Waals surface area contributed by atoms with Crippen molar-refractivity contribution in [2.24, 2.45) is 11.3 Å². The second-order valence-corrected chi connectivity index (χ2v) is 5.90. The molecule has 1 heterocycles.